The summed E-state index contributed by atoms with van der Waals surface area (Å²) in [5.74, 6) is 0.0852. The number of carbonyl (C=O) groups excluding carboxylic acids is 2. The Morgan fingerprint density at radius 3 is 2.88 bits per heavy atom. The van der Waals surface area contributed by atoms with E-state index in [0.29, 0.717) is 26.1 Å². The second kappa shape index (κ2) is 9.78. The van der Waals surface area contributed by atoms with E-state index in [-0.39, 0.29) is 18.0 Å². The van der Waals surface area contributed by atoms with E-state index >= 15 is 0 Å². The van der Waals surface area contributed by atoms with Gasteiger partial charge in [-0.2, -0.15) is 0 Å². The average molecular weight is 382 g/mol. The maximum atomic E-state index is 12.5. The van der Waals surface area contributed by atoms with Gasteiger partial charge in [-0.25, -0.2) is 4.79 Å². The predicted molar refractivity (Wildman–Crippen MR) is 102 cm³/mol. The predicted octanol–water partition coefficient (Wildman–Crippen LogP) is 2.82. The molecule has 1 saturated heterocycles. The first-order chi connectivity index (χ1) is 12.4. The van der Waals surface area contributed by atoms with Gasteiger partial charge in [0.2, 0.25) is 5.91 Å². The van der Waals surface area contributed by atoms with Crippen LogP contribution in [0.4, 0.5) is 4.79 Å². The Morgan fingerprint density at radius 2 is 2.19 bits per heavy atom. The van der Waals surface area contributed by atoms with Crippen molar-refractivity contribution in [2.24, 2.45) is 0 Å². The fraction of sp³-hybridized carbons (Fsp3) is 0.579. The van der Waals surface area contributed by atoms with Gasteiger partial charge in [0.25, 0.3) is 0 Å². The minimum absolute atomic E-state index is 0.0298. The Labute approximate surface area is 160 Å². The highest BCUT2D eigenvalue weighted by Gasteiger charge is 2.28. The first-order valence-electron chi connectivity index (χ1n) is 8.94. The van der Waals surface area contributed by atoms with Crippen molar-refractivity contribution in [3.05, 3.63) is 34.3 Å². The summed E-state index contributed by atoms with van der Waals surface area (Å²) < 4.78 is 4.98. The summed E-state index contributed by atoms with van der Waals surface area (Å²) in [6, 6.07) is 5.62. The number of aryl methyl sites for hydroxylation is 1. The lowest BCUT2D eigenvalue weighted by molar-refractivity contribution is -0.134. The molecule has 1 atom stereocenters. The molecule has 7 heteroatoms. The molecular weight excluding hydrogens is 354 g/mol. The summed E-state index contributed by atoms with van der Waals surface area (Å²) in [7, 11) is 3.38. The number of amides is 3. The summed E-state index contributed by atoms with van der Waals surface area (Å²) in [6.07, 6.45) is 2.18. The smallest absolute Gasteiger partial charge is 0.317 e. The van der Waals surface area contributed by atoms with Crippen molar-refractivity contribution in [2.45, 2.75) is 38.8 Å². The van der Waals surface area contributed by atoms with Crippen molar-refractivity contribution in [3.8, 4) is 0 Å². The Balaban J connectivity index is 1.86. The average Bonchev–Trinajstić information content (AvgIpc) is 2.66. The normalized spacial score (nSPS) is 17.1. The summed E-state index contributed by atoms with van der Waals surface area (Å²) >= 11 is 6.03. The van der Waals surface area contributed by atoms with Gasteiger partial charge in [0.15, 0.2) is 0 Å². The molecule has 1 N–H and O–H groups in total. The molecule has 144 valence electrons. The second-order valence-corrected chi connectivity index (χ2v) is 7.14. The quantitative estimate of drug-likeness (QED) is 0.824. The van der Waals surface area contributed by atoms with Crippen molar-refractivity contribution < 1.29 is 14.3 Å². The van der Waals surface area contributed by atoms with Gasteiger partial charge in [0, 0.05) is 38.8 Å². The lowest BCUT2D eigenvalue weighted by atomic mass is 10.0. The van der Waals surface area contributed by atoms with E-state index in [1.54, 1.807) is 19.1 Å². The minimum atomic E-state index is -0.131. The van der Waals surface area contributed by atoms with Crippen LogP contribution in [-0.4, -0.2) is 61.6 Å². The Morgan fingerprint density at radius 1 is 1.42 bits per heavy atom. The molecule has 6 nitrogen and oxygen atoms in total. The standard InChI is InChI=1S/C19H28ClN3O3/c1-14-11-15(6-7-17(14)20)12-21-19(25)22(2)16-5-4-9-23(13-16)18(24)8-10-26-3/h6-7,11,16H,4-5,8-10,12-13H2,1-3H3,(H,21,25)/t16-/m1/s1. The molecule has 0 radical (unpaired) electrons. The number of likely N-dealkylation sites (N-methyl/N-ethyl adjacent to an activating group) is 1. The van der Waals surface area contributed by atoms with Crippen LogP contribution in [0.2, 0.25) is 5.02 Å². The van der Waals surface area contributed by atoms with Crippen LogP contribution >= 0.6 is 11.6 Å². The van der Waals surface area contributed by atoms with Crippen molar-refractivity contribution in [2.75, 3.05) is 33.9 Å². The number of nitrogens with one attached hydrogen (secondary N) is 1. The molecule has 0 bridgehead atoms. The highest BCUT2D eigenvalue weighted by atomic mass is 35.5. The summed E-state index contributed by atoms with van der Waals surface area (Å²) in [6.45, 7) is 4.14. The molecule has 0 spiro atoms. The van der Waals surface area contributed by atoms with Gasteiger partial charge in [-0.05, 0) is 37.0 Å². The Hall–Kier alpha value is -1.79. The molecule has 1 aliphatic rings. The van der Waals surface area contributed by atoms with Gasteiger partial charge >= 0.3 is 6.03 Å². The van der Waals surface area contributed by atoms with Crippen molar-refractivity contribution in [3.63, 3.8) is 0 Å². The zero-order chi connectivity index (χ0) is 19.1. The van der Waals surface area contributed by atoms with E-state index in [1.165, 1.54) is 0 Å². The number of likely N-dealkylation sites (tertiary alicyclic amines) is 1. The first-order valence-corrected chi connectivity index (χ1v) is 9.32. The molecule has 1 fully saturated rings. The number of carbonyl (C=O) groups is 2. The summed E-state index contributed by atoms with van der Waals surface area (Å²) in [4.78, 5) is 28.2. The largest absolute Gasteiger partial charge is 0.384 e. The molecule has 1 heterocycles. The van der Waals surface area contributed by atoms with Crippen molar-refractivity contribution in [1.29, 1.82) is 0 Å². The number of ether oxygens (including phenoxy) is 1. The number of benzene rings is 1. The number of rotatable bonds is 6. The van der Waals surface area contributed by atoms with Gasteiger partial charge in [0.1, 0.15) is 0 Å². The summed E-state index contributed by atoms with van der Waals surface area (Å²) in [5.41, 5.74) is 2.00. The zero-order valence-electron chi connectivity index (χ0n) is 15.8. The van der Waals surface area contributed by atoms with Gasteiger partial charge in [-0.3, -0.25) is 4.79 Å². The van der Waals surface area contributed by atoms with Gasteiger partial charge in [-0.1, -0.05) is 23.7 Å². The van der Waals surface area contributed by atoms with Gasteiger partial charge < -0.3 is 19.9 Å². The molecule has 0 aliphatic carbocycles. The molecule has 3 amide bonds. The molecule has 2 rings (SSSR count). The lowest BCUT2D eigenvalue weighted by Crippen LogP contribution is -2.52. The van der Waals surface area contributed by atoms with Crippen molar-refractivity contribution in [1.82, 2.24) is 15.1 Å². The van der Waals surface area contributed by atoms with E-state index in [4.69, 9.17) is 16.3 Å². The van der Waals surface area contributed by atoms with Gasteiger partial charge in [-0.15, -0.1) is 0 Å². The SMILES string of the molecule is COCCC(=O)N1CCC[C@@H](N(C)C(=O)NCc2ccc(Cl)c(C)c2)C1. The highest BCUT2D eigenvalue weighted by molar-refractivity contribution is 6.31. The van der Waals surface area contributed by atoms with E-state index in [1.807, 2.05) is 30.0 Å². The number of piperidine rings is 1. The number of hydrogen-bond acceptors (Lipinski definition) is 3. The lowest BCUT2D eigenvalue weighted by Gasteiger charge is -2.37. The molecule has 1 aromatic carbocycles. The van der Waals surface area contributed by atoms with E-state index in [9.17, 15) is 9.59 Å². The van der Waals surface area contributed by atoms with E-state index < -0.39 is 0 Å². The monoisotopic (exact) mass is 381 g/mol. The maximum Gasteiger partial charge on any atom is 0.317 e. The highest BCUT2D eigenvalue weighted by Crippen LogP contribution is 2.17. The van der Waals surface area contributed by atoms with Crippen molar-refractivity contribution >= 4 is 23.5 Å². The van der Waals surface area contributed by atoms with Crippen LogP contribution < -0.4 is 5.32 Å². The topological polar surface area (TPSA) is 61.9 Å². The third-order valence-corrected chi connectivity index (χ3v) is 5.23. The molecule has 1 aliphatic heterocycles. The molecule has 1 aromatic rings. The van der Waals surface area contributed by atoms with Crippen LogP contribution in [-0.2, 0) is 16.1 Å². The number of hydrogen-bond donors (Lipinski definition) is 1. The zero-order valence-corrected chi connectivity index (χ0v) is 16.5. The van der Waals surface area contributed by atoms with Crippen LogP contribution in [0.25, 0.3) is 0 Å². The van der Waals surface area contributed by atoms with Gasteiger partial charge in [0.05, 0.1) is 19.1 Å². The molecular formula is C19H28ClN3O3. The van der Waals surface area contributed by atoms with Crippen LogP contribution in [0.5, 0.6) is 0 Å². The first kappa shape index (κ1) is 20.5. The van der Waals surface area contributed by atoms with Crippen LogP contribution in [0.15, 0.2) is 18.2 Å². The summed E-state index contributed by atoms with van der Waals surface area (Å²) in [5, 5.41) is 3.66. The molecule has 26 heavy (non-hydrogen) atoms. The van der Waals surface area contributed by atoms with E-state index in [0.717, 1.165) is 35.5 Å². The fourth-order valence-electron chi connectivity index (χ4n) is 3.13. The van der Waals surface area contributed by atoms with Crippen LogP contribution in [0, 0.1) is 6.92 Å². The molecule has 0 aromatic heterocycles. The van der Waals surface area contributed by atoms with Crippen LogP contribution in [0.3, 0.4) is 0 Å². The number of nitrogens with zero attached hydrogens (tertiary/aromatic N) is 2. The number of methoxy groups -OCH3 is 1. The Kier molecular flexibility index (Phi) is 7.72. The van der Waals surface area contributed by atoms with Crippen LogP contribution in [0.1, 0.15) is 30.4 Å². The third-order valence-electron chi connectivity index (χ3n) is 4.80. The number of halogens is 1. The molecule has 0 saturated carbocycles. The minimum Gasteiger partial charge on any atom is -0.384 e. The second-order valence-electron chi connectivity index (χ2n) is 6.73. The fourth-order valence-corrected chi connectivity index (χ4v) is 3.25. The Bertz CT molecular complexity index is 638. The van der Waals surface area contributed by atoms with E-state index in [2.05, 4.69) is 5.32 Å². The third kappa shape index (κ3) is 5.61. The maximum absolute atomic E-state index is 12.5. The number of urea groups is 1. The molecule has 0 unspecified atom stereocenters.